The predicted octanol–water partition coefficient (Wildman–Crippen LogP) is 2.11. The summed E-state index contributed by atoms with van der Waals surface area (Å²) in [5.41, 5.74) is 3.79. The fraction of sp³-hybridized carbons (Fsp3) is 0.273. The van der Waals surface area contributed by atoms with Crippen LogP contribution in [0.25, 0.3) is 0 Å². The van der Waals surface area contributed by atoms with Gasteiger partial charge in [-0.25, -0.2) is 0 Å². The summed E-state index contributed by atoms with van der Waals surface area (Å²) in [6.45, 7) is 1.25. The quantitative estimate of drug-likeness (QED) is 0.826. The lowest BCUT2D eigenvalue weighted by molar-refractivity contribution is -0.153. The van der Waals surface area contributed by atoms with Crippen molar-refractivity contribution < 1.29 is 14.7 Å². The minimum absolute atomic E-state index is 0.143. The highest BCUT2D eigenvalue weighted by molar-refractivity contribution is 6.36. The van der Waals surface area contributed by atoms with Gasteiger partial charge in [0.2, 0.25) is 5.91 Å². The number of halogens is 2. The van der Waals surface area contributed by atoms with Crippen LogP contribution in [-0.4, -0.2) is 17.0 Å². The van der Waals surface area contributed by atoms with E-state index in [-0.39, 0.29) is 6.42 Å². The Labute approximate surface area is 108 Å². The van der Waals surface area contributed by atoms with Crippen LogP contribution in [0.15, 0.2) is 18.2 Å². The molecular weight excluding hydrogens is 265 g/mol. The number of rotatable bonds is 4. The van der Waals surface area contributed by atoms with Crippen molar-refractivity contribution in [3.63, 3.8) is 0 Å². The van der Waals surface area contributed by atoms with Crippen molar-refractivity contribution in [1.29, 1.82) is 0 Å². The summed E-state index contributed by atoms with van der Waals surface area (Å²) in [7, 11) is 0. The summed E-state index contributed by atoms with van der Waals surface area (Å²) in [6, 6.07) is 4.79. The predicted molar refractivity (Wildman–Crippen MR) is 65.1 cm³/mol. The Kier molecular flexibility index (Phi) is 4.01. The Morgan fingerprint density at radius 2 is 1.82 bits per heavy atom. The molecule has 0 saturated heterocycles. The highest BCUT2D eigenvalue weighted by Gasteiger charge is 2.40. The molecule has 1 rings (SSSR count). The van der Waals surface area contributed by atoms with E-state index >= 15 is 0 Å². The third-order valence-corrected chi connectivity index (χ3v) is 3.32. The number of amides is 1. The van der Waals surface area contributed by atoms with Gasteiger partial charge in [-0.2, -0.15) is 0 Å². The monoisotopic (exact) mass is 275 g/mol. The molecule has 1 amide bonds. The summed E-state index contributed by atoms with van der Waals surface area (Å²) in [6.07, 6.45) is -0.143. The molecule has 92 valence electrons. The Hall–Kier alpha value is -1.26. The maximum atomic E-state index is 11.2. The molecule has 1 atom stereocenters. The molecule has 0 spiro atoms. The lowest BCUT2D eigenvalue weighted by atomic mass is 9.83. The number of primary amides is 1. The zero-order valence-electron chi connectivity index (χ0n) is 9.04. The number of hydrogen-bond acceptors (Lipinski definition) is 2. The van der Waals surface area contributed by atoms with Gasteiger partial charge in [0.25, 0.3) is 0 Å². The molecule has 0 radical (unpaired) electrons. The molecular formula is C11H11Cl2NO3. The van der Waals surface area contributed by atoms with Crippen molar-refractivity contribution in [2.75, 3.05) is 0 Å². The van der Waals surface area contributed by atoms with Gasteiger partial charge in [0.1, 0.15) is 5.41 Å². The van der Waals surface area contributed by atoms with Crippen LogP contribution < -0.4 is 5.73 Å². The van der Waals surface area contributed by atoms with Gasteiger partial charge in [0.05, 0.1) is 0 Å². The largest absolute Gasteiger partial charge is 0.480 e. The van der Waals surface area contributed by atoms with Gasteiger partial charge in [-0.3, -0.25) is 9.59 Å². The first kappa shape index (κ1) is 13.8. The van der Waals surface area contributed by atoms with Gasteiger partial charge in [0.15, 0.2) is 0 Å². The minimum atomic E-state index is -1.73. The third kappa shape index (κ3) is 2.70. The maximum Gasteiger partial charge on any atom is 0.319 e. The Bertz CT molecular complexity index is 440. The zero-order valence-corrected chi connectivity index (χ0v) is 10.5. The number of carboxylic acid groups (broad SMARTS) is 1. The summed E-state index contributed by atoms with van der Waals surface area (Å²) in [4.78, 5) is 22.3. The van der Waals surface area contributed by atoms with Crippen LogP contribution in [0, 0.1) is 5.41 Å². The van der Waals surface area contributed by atoms with Crippen molar-refractivity contribution in [1.82, 2.24) is 0 Å². The van der Waals surface area contributed by atoms with Crippen LogP contribution >= 0.6 is 23.2 Å². The van der Waals surface area contributed by atoms with Gasteiger partial charge < -0.3 is 10.8 Å². The highest BCUT2D eigenvalue weighted by Crippen LogP contribution is 2.31. The molecule has 0 aliphatic carbocycles. The van der Waals surface area contributed by atoms with Gasteiger partial charge in [0, 0.05) is 16.5 Å². The van der Waals surface area contributed by atoms with E-state index in [2.05, 4.69) is 0 Å². The maximum absolute atomic E-state index is 11.2. The van der Waals surface area contributed by atoms with Crippen molar-refractivity contribution in [2.45, 2.75) is 13.3 Å². The van der Waals surface area contributed by atoms with Crippen LogP contribution in [0.5, 0.6) is 0 Å². The number of carboxylic acids is 1. The average molecular weight is 276 g/mol. The van der Waals surface area contributed by atoms with Crippen molar-refractivity contribution in [3.8, 4) is 0 Å². The summed E-state index contributed by atoms with van der Waals surface area (Å²) in [5, 5.41) is 9.68. The Balaban J connectivity index is 3.20. The number of carbonyl (C=O) groups excluding carboxylic acids is 1. The van der Waals surface area contributed by atoms with E-state index in [1.165, 1.54) is 6.92 Å². The van der Waals surface area contributed by atoms with Crippen LogP contribution in [-0.2, 0) is 16.0 Å². The van der Waals surface area contributed by atoms with Gasteiger partial charge in [-0.05, 0) is 24.6 Å². The minimum Gasteiger partial charge on any atom is -0.480 e. The summed E-state index contributed by atoms with van der Waals surface area (Å²) >= 11 is 11.8. The Morgan fingerprint density at radius 1 is 1.35 bits per heavy atom. The average Bonchev–Trinajstić information content (AvgIpc) is 2.22. The highest BCUT2D eigenvalue weighted by atomic mass is 35.5. The fourth-order valence-electron chi connectivity index (χ4n) is 1.32. The zero-order chi connectivity index (χ0) is 13.2. The SMILES string of the molecule is CC(Cc1c(Cl)cccc1Cl)(C(N)=O)C(=O)O. The smallest absolute Gasteiger partial charge is 0.319 e. The van der Waals surface area contributed by atoms with E-state index in [0.29, 0.717) is 15.6 Å². The van der Waals surface area contributed by atoms with E-state index in [4.69, 9.17) is 34.0 Å². The van der Waals surface area contributed by atoms with Crippen molar-refractivity contribution >= 4 is 35.1 Å². The third-order valence-electron chi connectivity index (χ3n) is 2.61. The molecule has 0 aliphatic rings. The Morgan fingerprint density at radius 3 is 2.18 bits per heavy atom. The van der Waals surface area contributed by atoms with Crippen LogP contribution in [0.2, 0.25) is 10.0 Å². The second kappa shape index (κ2) is 4.94. The molecule has 1 unspecified atom stereocenters. The first-order valence-electron chi connectivity index (χ1n) is 4.75. The van der Waals surface area contributed by atoms with Gasteiger partial charge in [-0.1, -0.05) is 29.3 Å². The molecule has 1 aromatic carbocycles. The second-order valence-corrected chi connectivity index (χ2v) is 4.69. The van der Waals surface area contributed by atoms with E-state index in [0.717, 1.165) is 0 Å². The lowest BCUT2D eigenvalue weighted by Crippen LogP contribution is -2.43. The summed E-state index contributed by atoms with van der Waals surface area (Å²) in [5.74, 6) is -2.23. The van der Waals surface area contributed by atoms with Crippen LogP contribution in [0.1, 0.15) is 12.5 Å². The topological polar surface area (TPSA) is 80.4 Å². The van der Waals surface area contributed by atoms with Crippen molar-refractivity contribution in [2.24, 2.45) is 11.1 Å². The lowest BCUT2D eigenvalue weighted by Gasteiger charge is -2.22. The first-order chi connectivity index (χ1) is 7.79. The second-order valence-electron chi connectivity index (χ2n) is 3.88. The molecule has 3 N–H and O–H groups in total. The van der Waals surface area contributed by atoms with E-state index < -0.39 is 17.3 Å². The van der Waals surface area contributed by atoms with Gasteiger partial charge in [-0.15, -0.1) is 0 Å². The normalized spacial score (nSPS) is 14.1. The number of aliphatic carboxylic acids is 1. The van der Waals surface area contributed by atoms with Crippen LogP contribution in [0.3, 0.4) is 0 Å². The molecule has 0 aliphatic heterocycles. The number of hydrogen-bond donors (Lipinski definition) is 2. The van der Waals surface area contributed by atoms with Gasteiger partial charge >= 0.3 is 5.97 Å². The molecule has 4 nitrogen and oxygen atoms in total. The van der Waals surface area contributed by atoms with E-state index in [9.17, 15) is 9.59 Å². The van der Waals surface area contributed by atoms with Crippen LogP contribution in [0.4, 0.5) is 0 Å². The molecule has 6 heteroatoms. The number of carbonyl (C=O) groups is 2. The molecule has 17 heavy (non-hydrogen) atoms. The summed E-state index contributed by atoms with van der Waals surface area (Å²) < 4.78 is 0. The van der Waals surface area contributed by atoms with E-state index in [1.807, 2.05) is 0 Å². The standard InChI is InChI=1S/C11H11Cl2NO3/c1-11(9(14)15,10(16)17)5-6-7(12)3-2-4-8(6)13/h2-4H,5H2,1H3,(H2,14,15)(H,16,17). The molecule has 0 aromatic heterocycles. The molecule has 0 fully saturated rings. The first-order valence-corrected chi connectivity index (χ1v) is 5.51. The fourth-order valence-corrected chi connectivity index (χ4v) is 1.85. The molecule has 0 heterocycles. The van der Waals surface area contributed by atoms with E-state index in [1.54, 1.807) is 18.2 Å². The molecule has 1 aromatic rings. The number of nitrogens with two attached hydrogens (primary N) is 1. The number of benzene rings is 1. The van der Waals surface area contributed by atoms with Crippen molar-refractivity contribution in [3.05, 3.63) is 33.8 Å². The molecule has 0 saturated carbocycles. The molecule has 0 bridgehead atoms.